The number of amides is 2. The Morgan fingerprint density at radius 3 is 2.33 bits per heavy atom. The molecule has 1 N–H and O–H groups in total. The molecule has 1 heterocycles. The number of halogens is 3. The number of aryl methyl sites for hydroxylation is 1. The average molecular weight is 611 g/mol. The van der Waals surface area contributed by atoms with Crippen molar-refractivity contribution < 1.29 is 46.9 Å². The molecule has 0 spiro atoms. The van der Waals surface area contributed by atoms with Crippen LogP contribution >= 0.6 is 0 Å². The molecule has 0 unspecified atom stereocenters. The third-order valence-electron chi connectivity index (χ3n) is 6.38. The van der Waals surface area contributed by atoms with Crippen LogP contribution in [0.4, 0.5) is 23.7 Å². The zero-order chi connectivity index (χ0) is 32.4. The predicted octanol–water partition coefficient (Wildman–Crippen LogP) is 5.53. The fourth-order valence-electron chi connectivity index (χ4n) is 4.45. The Labute approximate surface area is 250 Å². The lowest BCUT2D eigenvalue weighted by Crippen LogP contribution is -2.45. The highest BCUT2D eigenvalue weighted by Gasteiger charge is 2.33. The summed E-state index contributed by atoms with van der Waals surface area (Å²) < 4.78 is 56.4. The molecule has 0 fully saturated rings. The second-order valence-electron chi connectivity index (χ2n) is 10.7. The number of benzene rings is 2. The Hall–Kier alpha value is -3.80. The van der Waals surface area contributed by atoms with Gasteiger partial charge in [-0.05, 0) is 81.5 Å². The van der Waals surface area contributed by atoms with Crippen LogP contribution in [-0.4, -0.2) is 66.9 Å². The molecule has 0 bridgehead atoms. The molecule has 0 saturated heterocycles. The first kappa shape index (κ1) is 35.4. The van der Waals surface area contributed by atoms with Gasteiger partial charge in [0.05, 0.1) is 18.6 Å². The summed E-state index contributed by atoms with van der Waals surface area (Å²) in [7, 11) is 1.00. The van der Waals surface area contributed by atoms with Crippen molar-refractivity contribution in [3.63, 3.8) is 0 Å². The van der Waals surface area contributed by atoms with Crippen LogP contribution in [0.5, 0.6) is 5.75 Å². The summed E-state index contributed by atoms with van der Waals surface area (Å²) in [6.45, 7) is 8.71. The molecule has 0 aromatic heterocycles. The second-order valence-corrected chi connectivity index (χ2v) is 10.7. The first-order valence-corrected chi connectivity index (χ1v) is 14.0. The summed E-state index contributed by atoms with van der Waals surface area (Å²) in [5.41, 5.74) is 0.677. The van der Waals surface area contributed by atoms with Gasteiger partial charge in [0.15, 0.2) is 0 Å². The molecule has 2 aromatic rings. The fraction of sp³-hybridized carbons (Fsp3) is 0.516. The molecule has 0 saturated carbocycles. The van der Waals surface area contributed by atoms with Crippen LogP contribution in [0.2, 0.25) is 0 Å². The quantitative estimate of drug-likeness (QED) is 0.353. The molecular formula is C31H41F3N2O7. The Bertz CT molecular complexity index is 1260. The lowest BCUT2D eigenvalue weighted by molar-refractivity contribution is -0.143. The minimum atomic E-state index is -4.44. The van der Waals surface area contributed by atoms with Gasteiger partial charge < -0.3 is 24.2 Å². The molecule has 0 radical (unpaired) electrons. The number of hydrogen-bond acceptors (Lipinski definition) is 7. The van der Waals surface area contributed by atoms with Crippen LogP contribution in [0.15, 0.2) is 36.4 Å². The van der Waals surface area contributed by atoms with E-state index in [2.05, 4.69) is 0 Å². The van der Waals surface area contributed by atoms with Gasteiger partial charge in [-0.1, -0.05) is 19.1 Å². The molecule has 0 aliphatic carbocycles. The number of nitrogens with zero attached hydrogens (tertiary/aromatic N) is 2. The van der Waals surface area contributed by atoms with Gasteiger partial charge in [-0.2, -0.15) is 13.2 Å². The molecule has 0 atom stereocenters. The number of aliphatic hydroxyl groups is 1. The first-order valence-electron chi connectivity index (χ1n) is 14.0. The van der Waals surface area contributed by atoms with E-state index in [0.717, 1.165) is 18.7 Å². The maximum atomic E-state index is 13.4. The Morgan fingerprint density at radius 1 is 1.02 bits per heavy atom. The maximum Gasteiger partial charge on any atom is 0.416 e. The van der Waals surface area contributed by atoms with Crippen molar-refractivity contribution in [1.29, 1.82) is 0 Å². The molecule has 1 aliphatic rings. The van der Waals surface area contributed by atoms with Gasteiger partial charge >= 0.3 is 18.2 Å². The number of rotatable bonds is 10. The van der Waals surface area contributed by atoms with Crippen molar-refractivity contribution >= 4 is 23.7 Å². The molecule has 238 valence electrons. The van der Waals surface area contributed by atoms with Gasteiger partial charge in [0.1, 0.15) is 24.5 Å². The van der Waals surface area contributed by atoms with E-state index < -0.39 is 29.4 Å². The number of hydrogen-bond donors (Lipinski definition) is 1. The van der Waals surface area contributed by atoms with Crippen LogP contribution in [0, 0.1) is 0 Å². The van der Waals surface area contributed by atoms with Crippen molar-refractivity contribution in [2.24, 2.45) is 0 Å². The van der Waals surface area contributed by atoms with E-state index in [4.69, 9.17) is 19.3 Å². The summed E-state index contributed by atoms with van der Waals surface area (Å²) in [6, 6.07) is 9.35. The van der Waals surface area contributed by atoms with Crippen LogP contribution in [0.1, 0.15) is 63.3 Å². The average Bonchev–Trinajstić information content (AvgIpc) is 3.37. The van der Waals surface area contributed by atoms with Crippen LogP contribution in [-0.2, 0) is 44.7 Å². The number of fused-ring (bicyclic) bond motifs is 1. The van der Waals surface area contributed by atoms with Crippen molar-refractivity contribution in [1.82, 2.24) is 4.90 Å². The lowest BCUT2D eigenvalue weighted by Gasteiger charge is -2.28. The highest BCUT2D eigenvalue weighted by Crippen LogP contribution is 2.34. The number of anilines is 1. The number of esters is 1. The van der Waals surface area contributed by atoms with E-state index in [1.807, 2.05) is 0 Å². The molecule has 2 amide bonds. The number of ether oxygens (including phenoxy) is 3. The van der Waals surface area contributed by atoms with Gasteiger partial charge in [0.25, 0.3) is 0 Å². The lowest BCUT2D eigenvalue weighted by atomic mass is 10.0. The predicted molar refractivity (Wildman–Crippen MR) is 155 cm³/mol. The molecule has 9 nitrogen and oxygen atoms in total. The van der Waals surface area contributed by atoms with Crippen molar-refractivity contribution in [3.8, 4) is 5.75 Å². The normalized spacial score (nSPS) is 12.6. The third-order valence-corrected chi connectivity index (χ3v) is 6.38. The molecule has 12 heteroatoms. The summed E-state index contributed by atoms with van der Waals surface area (Å²) in [5.74, 6) is -0.359. The van der Waals surface area contributed by atoms with E-state index in [1.54, 1.807) is 63.8 Å². The Kier molecular flexibility index (Phi) is 12.8. The van der Waals surface area contributed by atoms with Crippen LogP contribution in [0.3, 0.4) is 0 Å². The Morgan fingerprint density at radius 2 is 1.72 bits per heavy atom. The number of carbonyl (C=O) groups is 3. The molecule has 1 aliphatic heterocycles. The minimum Gasteiger partial charge on any atom is -0.489 e. The molecule has 2 aromatic carbocycles. The number of aliphatic hydroxyl groups excluding tert-OH is 1. The zero-order valence-electron chi connectivity index (χ0n) is 25.5. The monoisotopic (exact) mass is 610 g/mol. The van der Waals surface area contributed by atoms with Crippen LogP contribution < -0.4 is 9.64 Å². The van der Waals surface area contributed by atoms with Crippen molar-refractivity contribution in [2.75, 3.05) is 38.3 Å². The van der Waals surface area contributed by atoms with Crippen LogP contribution in [0.25, 0.3) is 0 Å². The van der Waals surface area contributed by atoms with Crippen molar-refractivity contribution in [3.05, 3.63) is 58.7 Å². The summed E-state index contributed by atoms with van der Waals surface area (Å²) in [6.07, 6.45) is -4.42. The van der Waals surface area contributed by atoms with E-state index in [-0.39, 0.29) is 50.6 Å². The van der Waals surface area contributed by atoms with Gasteiger partial charge in [-0.3, -0.25) is 14.5 Å². The van der Waals surface area contributed by atoms with E-state index in [0.29, 0.717) is 30.0 Å². The first-order chi connectivity index (χ1) is 20.2. The third kappa shape index (κ3) is 10.5. The largest absolute Gasteiger partial charge is 0.489 e. The maximum absolute atomic E-state index is 13.4. The van der Waals surface area contributed by atoms with E-state index in [9.17, 15) is 27.6 Å². The fourth-order valence-corrected chi connectivity index (χ4v) is 4.45. The van der Waals surface area contributed by atoms with Crippen molar-refractivity contribution in [2.45, 2.75) is 72.3 Å². The Balaban J connectivity index is 0.00000316. The molecule has 43 heavy (non-hydrogen) atoms. The minimum absolute atomic E-state index is 0.0394. The standard InChI is InChI=1S/C30H37F3N2O6.CH4O/c1-6-21-9-8-20(16-24(21)30(31,32)33)19-40-23-10-11-25-22(17-23)12-15-35(25)26(36)18-34(14-13-27(37)39-7-2)28(38)41-29(3,4)5;1-2/h8-11,16-17H,6-7,12-15,18-19H2,1-5H3;2H,1H3. The van der Waals surface area contributed by atoms with Gasteiger partial charge in [0.2, 0.25) is 5.91 Å². The topological polar surface area (TPSA) is 106 Å². The highest BCUT2D eigenvalue weighted by atomic mass is 19.4. The smallest absolute Gasteiger partial charge is 0.416 e. The highest BCUT2D eigenvalue weighted by molar-refractivity contribution is 5.98. The SMILES string of the molecule is CCOC(=O)CCN(CC(=O)N1CCc2cc(OCc3ccc(CC)c(C(F)(F)F)c3)ccc21)C(=O)OC(C)(C)C.CO. The van der Waals surface area contributed by atoms with Gasteiger partial charge in [-0.25, -0.2) is 4.79 Å². The van der Waals surface area contributed by atoms with Gasteiger partial charge in [0, 0.05) is 25.9 Å². The summed E-state index contributed by atoms with van der Waals surface area (Å²) in [4.78, 5) is 40.6. The molecular weight excluding hydrogens is 569 g/mol. The number of carbonyl (C=O) groups excluding carboxylic acids is 3. The molecule has 3 rings (SSSR count). The zero-order valence-corrected chi connectivity index (χ0v) is 25.5. The summed E-state index contributed by atoms with van der Waals surface area (Å²) in [5, 5.41) is 7.00. The van der Waals surface area contributed by atoms with Gasteiger partial charge in [-0.15, -0.1) is 0 Å². The summed E-state index contributed by atoms with van der Waals surface area (Å²) >= 11 is 0. The number of alkyl halides is 3. The van der Waals surface area contributed by atoms with E-state index >= 15 is 0 Å². The van der Waals surface area contributed by atoms with E-state index in [1.165, 1.54) is 11.0 Å². The second kappa shape index (κ2) is 15.6.